The van der Waals surface area contributed by atoms with Crippen LogP contribution in [0.3, 0.4) is 0 Å². The van der Waals surface area contributed by atoms with Gasteiger partial charge < -0.3 is 14.9 Å². The van der Waals surface area contributed by atoms with Crippen LogP contribution in [0.5, 0.6) is 0 Å². The standard InChI is InChI=1S/C32H50O5/c1-19(18-37-20(2)33)21-10-15-32(27(35)36)17-16-30(6)22(26(21)32)8-9-24-29(5)13-12-25(34)28(3,4)23(29)11-14-31(24,30)7/h21-26,34H,1,8-18H2,2-7H3,(H,35,36)/t21-,22?,23-,24+,25-,26+,29-,30+,31+,32-/m0/s1. The fourth-order valence-electron chi connectivity index (χ4n) is 11.7. The van der Waals surface area contributed by atoms with Crippen LogP contribution in [0.25, 0.3) is 0 Å². The first kappa shape index (κ1) is 27.2. The summed E-state index contributed by atoms with van der Waals surface area (Å²) in [4.78, 5) is 24.5. The van der Waals surface area contributed by atoms with Gasteiger partial charge in [0, 0.05) is 6.92 Å². The number of carboxylic acid groups (broad SMARTS) is 1. The zero-order chi connectivity index (χ0) is 27.2. The molecule has 1 unspecified atom stereocenters. The van der Waals surface area contributed by atoms with Gasteiger partial charge in [-0.2, -0.15) is 0 Å². The molecule has 5 nitrogen and oxygen atoms in total. The van der Waals surface area contributed by atoms with E-state index in [4.69, 9.17) is 4.74 Å². The van der Waals surface area contributed by atoms with Crippen LogP contribution in [-0.2, 0) is 14.3 Å². The largest absolute Gasteiger partial charge is 0.481 e. The Bertz CT molecular complexity index is 986. The highest BCUT2D eigenvalue weighted by Gasteiger charge is 2.72. The number of carboxylic acids is 1. The Morgan fingerprint density at radius 1 is 0.865 bits per heavy atom. The van der Waals surface area contributed by atoms with Crippen LogP contribution in [0, 0.1) is 56.7 Å². The first-order valence-corrected chi connectivity index (χ1v) is 14.9. The van der Waals surface area contributed by atoms with E-state index in [1.54, 1.807) is 0 Å². The summed E-state index contributed by atoms with van der Waals surface area (Å²) in [5.74, 6) is 0.654. The smallest absolute Gasteiger partial charge is 0.309 e. The Labute approximate surface area is 223 Å². The summed E-state index contributed by atoms with van der Waals surface area (Å²) < 4.78 is 5.35. The summed E-state index contributed by atoms with van der Waals surface area (Å²) in [7, 11) is 0. The van der Waals surface area contributed by atoms with Crippen molar-refractivity contribution in [1.29, 1.82) is 0 Å². The molecule has 0 amide bonds. The van der Waals surface area contributed by atoms with Crippen LogP contribution in [0.1, 0.15) is 106 Å². The summed E-state index contributed by atoms with van der Waals surface area (Å²) in [6, 6.07) is 0. The number of aliphatic hydroxyl groups excluding tert-OH is 1. The first-order chi connectivity index (χ1) is 17.1. The SMILES string of the molecule is C=C(COC(C)=O)[C@@H]1CC[C@]2(C(=O)O)CC[C@]3(C)C(CC[C@@H]4[C@@]5(C)CC[C@H](O)C(C)(C)[C@@H]5CC[C@]43C)[C@@H]12. The normalized spacial score (nSPS) is 50.1. The van der Waals surface area contributed by atoms with Crippen molar-refractivity contribution in [2.45, 2.75) is 112 Å². The van der Waals surface area contributed by atoms with Crippen LogP contribution >= 0.6 is 0 Å². The minimum Gasteiger partial charge on any atom is -0.481 e. The lowest BCUT2D eigenvalue weighted by Crippen LogP contribution is -2.67. The molecule has 0 aliphatic heterocycles. The molecule has 0 bridgehead atoms. The molecule has 0 saturated heterocycles. The van der Waals surface area contributed by atoms with Gasteiger partial charge in [-0.25, -0.2) is 0 Å². The quantitative estimate of drug-likeness (QED) is 0.325. The zero-order valence-electron chi connectivity index (χ0n) is 24.1. The van der Waals surface area contributed by atoms with Crippen LogP contribution in [-0.4, -0.2) is 34.9 Å². The first-order valence-electron chi connectivity index (χ1n) is 14.9. The van der Waals surface area contributed by atoms with Crippen LogP contribution < -0.4 is 0 Å². The van der Waals surface area contributed by atoms with E-state index in [2.05, 4.69) is 41.2 Å². The molecular weight excluding hydrogens is 464 g/mol. The molecule has 0 aromatic carbocycles. The summed E-state index contributed by atoms with van der Waals surface area (Å²) >= 11 is 0. The molecule has 5 saturated carbocycles. The molecule has 0 spiro atoms. The zero-order valence-corrected chi connectivity index (χ0v) is 24.1. The number of fused-ring (bicyclic) bond motifs is 7. The average molecular weight is 515 g/mol. The van der Waals surface area contributed by atoms with Gasteiger partial charge in [0.1, 0.15) is 6.61 Å². The van der Waals surface area contributed by atoms with Crippen LogP contribution in [0.2, 0.25) is 0 Å². The molecule has 5 heteroatoms. The average Bonchev–Trinajstić information content (AvgIpc) is 3.22. The lowest BCUT2D eigenvalue weighted by molar-refractivity contribution is -0.248. The van der Waals surface area contributed by atoms with Crippen LogP contribution in [0.4, 0.5) is 0 Å². The number of aliphatic hydroxyl groups is 1. The van der Waals surface area contributed by atoms with Gasteiger partial charge in [0.05, 0.1) is 11.5 Å². The molecule has 2 N–H and O–H groups in total. The third-order valence-corrected chi connectivity index (χ3v) is 13.8. The third kappa shape index (κ3) is 3.50. The number of hydrogen-bond acceptors (Lipinski definition) is 4. The third-order valence-electron chi connectivity index (χ3n) is 13.8. The highest BCUT2D eigenvalue weighted by Crippen LogP contribution is 2.77. The maximum absolute atomic E-state index is 12.9. The van der Waals surface area contributed by atoms with E-state index in [0.717, 1.165) is 63.4 Å². The molecule has 5 aliphatic rings. The fraction of sp³-hybridized carbons (Fsp3) is 0.875. The molecule has 5 fully saturated rings. The Morgan fingerprint density at radius 3 is 2.22 bits per heavy atom. The molecule has 0 radical (unpaired) electrons. The second-order valence-corrected chi connectivity index (χ2v) is 15.1. The van der Waals surface area contributed by atoms with Gasteiger partial charge in [0.25, 0.3) is 0 Å². The van der Waals surface area contributed by atoms with Gasteiger partial charge in [0.2, 0.25) is 0 Å². The highest BCUT2D eigenvalue weighted by atomic mass is 16.5. The second kappa shape index (κ2) is 8.57. The molecule has 10 atom stereocenters. The molecule has 5 aliphatic carbocycles. The van der Waals surface area contributed by atoms with Gasteiger partial charge in [-0.05, 0) is 121 Å². The number of esters is 1. The second-order valence-electron chi connectivity index (χ2n) is 15.1. The van der Waals surface area contributed by atoms with Crippen molar-refractivity contribution in [2.75, 3.05) is 6.61 Å². The van der Waals surface area contributed by atoms with Crippen molar-refractivity contribution in [3.8, 4) is 0 Å². The number of hydrogen-bond donors (Lipinski definition) is 2. The van der Waals surface area contributed by atoms with Crippen molar-refractivity contribution in [2.24, 2.45) is 56.7 Å². The maximum atomic E-state index is 12.9. The van der Waals surface area contributed by atoms with E-state index in [9.17, 15) is 19.8 Å². The van der Waals surface area contributed by atoms with E-state index in [-0.39, 0.29) is 52.2 Å². The Hall–Kier alpha value is -1.36. The van der Waals surface area contributed by atoms with E-state index >= 15 is 0 Å². The lowest BCUT2D eigenvalue weighted by Gasteiger charge is -2.72. The Morgan fingerprint density at radius 2 is 1.57 bits per heavy atom. The molecule has 37 heavy (non-hydrogen) atoms. The predicted molar refractivity (Wildman–Crippen MR) is 144 cm³/mol. The van der Waals surface area contributed by atoms with Crippen molar-refractivity contribution in [1.82, 2.24) is 0 Å². The summed E-state index contributed by atoms with van der Waals surface area (Å²) in [5.41, 5.74) is 0.571. The van der Waals surface area contributed by atoms with Gasteiger partial charge in [0.15, 0.2) is 0 Å². The van der Waals surface area contributed by atoms with Crippen LogP contribution in [0.15, 0.2) is 12.2 Å². The monoisotopic (exact) mass is 514 g/mol. The number of aliphatic carboxylic acids is 1. The molecule has 5 rings (SSSR count). The molecule has 208 valence electrons. The minimum absolute atomic E-state index is 0.0553. The van der Waals surface area contributed by atoms with Gasteiger partial charge >= 0.3 is 11.9 Å². The number of carbonyl (C=O) groups excluding carboxylic acids is 1. The fourth-order valence-corrected chi connectivity index (χ4v) is 11.7. The number of carbonyl (C=O) groups is 2. The van der Waals surface area contributed by atoms with Crippen molar-refractivity contribution in [3.05, 3.63) is 12.2 Å². The predicted octanol–water partition coefficient (Wildman–Crippen LogP) is 6.63. The van der Waals surface area contributed by atoms with Crippen molar-refractivity contribution in [3.63, 3.8) is 0 Å². The van der Waals surface area contributed by atoms with Gasteiger partial charge in [-0.15, -0.1) is 0 Å². The maximum Gasteiger partial charge on any atom is 0.309 e. The summed E-state index contributed by atoms with van der Waals surface area (Å²) in [5, 5.41) is 21.6. The molecular formula is C32H50O5. The summed E-state index contributed by atoms with van der Waals surface area (Å²) in [6.07, 6.45) is 9.52. The van der Waals surface area contributed by atoms with E-state index < -0.39 is 11.4 Å². The summed E-state index contributed by atoms with van der Waals surface area (Å²) in [6.45, 7) is 18.1. The van der Waals surface area contributed by atoms with Gasteiger partial charge in [-0.1, -0.05) is 41.2 Å². The Balaban J connectivity index is 1.52. The number of ether oxygens (including phenoxy) is 1. The topological polar surface area (TPSA) is 83.8 Å². The molecule has 0 aromatic heterocycles. The number of rotatable bonds is 4. The minimum atomic E-state index is -0.685. The molecule has 0 heterocycles. The van der Waals surface area contributed by atoms with Crippen molar-refractivity contribution < 1.29 is 24.5 Å². The van der Waals surface area contributed by atoms with Gasteiger partial charge in [-0.3, -0.25) is 9.59 Å². The molecule has 0 aromatic rings. The van der Waals surface area contributed by atoms with Crippen molar-refractivity contribution >= 4 is 11.9 Å². The lowest BCUT2D eigenvalue weighted by atomic mass is 9.32. The highest BCUT2D eigenvalue weighted by molar-refractivity contribution is 5.76. The Kier molecular flexibility index (Phi) is 6.30. The van der Waals surface area contributed by atoms with E-state index in [1.807, 2.05) is 0 Å². The van der Waals surface area contributed by atoms with E-state index in [1.165, 1.54) is 6.92 Å². The van der Waals surface area contributed by atoms with E-state index in [0.29, 0.717) is 24.2 Å².